The quantitative estimate of drug-likeness (QED) is 0.602. The van der Waals surface area contributed by atoms with Crippen LogP contribution in [0.25, 0.3) is 0 Å². The lowest BCUT2D eigenvalue weighted by atomic mass is 9.88. The first kappa shape index (κ1) is 19.5. The number of thioether (sulfide) groups is 1. The number of hydrogen-bond donors (Lipinski definition) is 1. The van der Waals surface area contributed by atoms with Crippen LogP contribution in [-0.4, -0.2) is 24.2 Å². The van der Waals surface area contributed by atoms with Gasteiger partial charge in [0.1, 0.15) is 0 Å². The molecule has 0 bridgehead atoms. The smallest absolute Gasteiger partial charge is 0.316 e. The highest BCUT2D eigenvalue weighted by Crippen LogP contribution is 2.29. The Kier molecular flexibility index (Phi) is 6.56. The summed E-state index contributed by atoms with van der Waals surface area (Å²) in [5, 5.41) is 3.00. The Labute approximate surface area is 164 Å². The summed E-state index contributed by atoms with van der Waals surface area (Å²) < 4.78 is 5.15. The molecule has 0 unspecified atom stereocenters. The first-order valence-electron chi connectivity index (χ1n) is 9.26. The molecule has 0 heterocycles. The Morgan fingerprint density at radius 3 is 2.81 bits per heavy atom. The summed E-state index contributed by atoms with van der Waals surface area (Å²) in [6.45, 7) is 3.83. The van der Waals surface area contributed by atoms with E-state index in [1.807, 2.05) is 38.1 Å². The van der Waals surface area contributed by atoms with Gasteiger partial charge in [-0.3, -0.25) is 9.59 Å². The van der Waals surface area contributed by atoms with Crippen LogP contribution < -0.4 is 5.32 Å². The van der Waals surface area contributed by atoms with E-state index in [-0.39, 0.29) is 30.3 Å². The maximum Gasteiger partial charge on any atom is 0.316 e. The van der Waals surface area contributed by atoms with E-state index in [1.54, 1.807) is 0 Å². The zero-order valence-corrected chi connectivity index (χ0v) is 16.6. The molecule has 2 aromatic carbocycles. The van der Waals surface area contributed by atoms with Gasteiger partial charge in [-0.25, -0.2) is 0 Å². The summed E-state index contributed by atoms with van der Waals surface area (Å²) in [5.41, 5.74) is 4.80. The second-order valence-corrected chi connectivity index (χ2v) is 7.95. The Balaban J connectivity index is 1.45. The molecule has 2 aromatic rings. The zero-order chi connectivity index (χ0) is 19.2. The molecule has 0 fully saturated rings. The molecule has 0 aliphatic heterocycles. The number of rotatable bonds is 6. The Morgan fingerprint density at radius 1 is 1.19 bits per heavy atom. The fourth-order valence-corrected chi connectivity index (χ4v) is 4.23. The number of carbonyl (C=O) groups excluding carboxylic acids is 2. The minimum Gasteiger partial charge on any atom is -0.455 e. The number of ether oxygens (including phenoxy) is 1. The van der Waals surface area contributed by atoms with Gasteiger partial charge in [0.05, 0.1) is 11.8 Å². The van der Waals surface area contributed by atoms with Gasteiger partial charge >= 0.3 is 5.97 Å². The predicted octanol–water partition coefficient (Wildman–Crippen LogP) is 4.13. The predicted molar refractivity (Wildman–Crippen MR) is 108 cm³/mol. The highest BCUT2D eigenvalue weighted by atomic mass is 32.2. The van der Waals surface area contributed by atoms with Crippen molar-refractivity contribution in [3.05, 3.63) is 64.7 Å². The monoisotopic (exact) mass is 383 g/mol. The van der Waals surface area contributed by atoms with Crippen LogP contribution in [0, 0.1) is 13.8 Å². The summed E-state index contributed by atoms with van der Waals surface area (Å²) in [6.07, 6.45) is 3.01. The van der Waals surface area contributed by atoms with E-state index in [1.165, 1.54) is 28.5 Å². The maximum absolute atomic E-state index is 12.2. The van der Waals surface area contributed by atoms with Crippen molar-refractivity contribution < 1.29 is 14.3 Å². The SMILES string of the molecule is Cc1ccc(SCC(=O)OCC(=O)N[C@@H]2CCCc3ccccc32)c(C)c1. The van der Waals surface area contributed by atoms with Gasteiger partial charge in [0, 0.05) is 4.90 Å². The summed E-state index contributed by atoms with van der Waals surface area (Å²) >= 11 is 1.44. The van der Waals surface area contributed by atoms with E-state index in [9.17, 15) is 9.59 Å². The van der Waals surface area contributed by atoms with Gasteiger partial charge in [-0.15, -0.1) is 11.8 Å². The van der Waals surface area contributed by atoms with Crippen LogP contribution in [0.4, 0.5) is 0 Å². The first-order valence-corrected chi connectivity index (χ1v) is 10.2. The van der Waals surface area contributed by atoms with E-state index in [0.717, 1.165) is 29.7 Å². The molecule has 1 amide bonds. The first-order chi connectivity index (χ1) is 13.0. The summed E-state index contributed by atoms with van der Waals surface area (Å²) in [7, 11) is 0. The van der Waals surface area contributed by atoms with Gasteiger partial charge in [0.2, 0.25) is 0 Å². The fraction of sp³-hybridized carbons (Fsp3) is 0.364. The highest BCUT2D eigenvalue weighted by molar-refractivity contribution is 8.00. The second kappa shape index (κ2) is 9.09. The van der Waals surface area contributed by atoms with Gasteiger partial charge in [-0.05, 0) is 55.9 Å². The van der Waals surface area contributed by atoms with E-state index in [2.05, 4.69) is 23.5 Å². The van der Waals surface area contributed by atoms with Crippen LogP contribution in [0.1, 0.15) is 41.1 Å². The van der Waals surface area contributed by atoms with Gasteiger partial charge < -0.3 is 10.1 Å². The molecule has 1 atom stereocenters. The lowest BCUT2D eigenvalue weighted by molar-refractivity contribution is -0.146. The van der Waals surface area contributed by atoms with Crippen molar-refractivity contribution in [2.75, 3.05) is 12.4 Å². The number of carbonyl (C=O) groups is 2. The number of nitrogens with one attached hydrogen (secondary N) is 1. The number of fused-ring (bicyclic) bond motifs is 1. The number of esters is 1. The second-order valence-electron chi connectivity index (χ2n) is 6.93. The molecule has 1 aliphatic rings. The topological polar surface area (TPSA) is 55.4 Å². The van der Waals surface area contributed by atoms with Gasteiger partial charge in [0.25, 0.3) is 5.91 Å². The third-order valence-corrected chi connectivity index (χ3v) is 5.89. The normalized spacial score (nSPS) is 15.7. The van der Waals surface area contributed by atoms with Crippen LogP contribution >= 0.6 is 11.8 Å². The molecule has 0 saturated heterocycles. The minimum absolute atomic E-state index is 0.00531. The molecule has 4 nitrogen and oxygen atoms in total. The van der Waals surface area contributed by atoms with Crippen molar-refractivity contribution in [1.82, 2.24) is 5.32 Å². The number of aryl methyl sites for hydroxylation is 3. The van der Waals surface area contributed by atoms with Crippen molar-refractivity contribution >= 4 is 23.6 Å². The molecular weight excluding hydrogens is 358 g/mol. The molecule has 1 N–H and O–H groups in total. The maximum atomic E-state index is 12.2. The Bertz CT molecular complexity index is 834. The zero-order valence-electron chi connectivity index (χ0n) is 15.8. The molecular formula is C22H25NO3S. The van der Waals surface area contributed by atoms with Crippen molar-refractivity contribution in [2.24, 2.45) is 0 Å². The molecule has 0 aromatic heterocycles. The van der Waals surface area contributed by atoms with Crippen LogP contribution in [-0.2, 0) is 20.7 Å². The van der Waals surface area contributed by atoms with Crippen LogP contribution in [0.3, 0.4) is 0 Å². The molecule has 0 saturated carbocycles. The van der Waals surface area contributed by atoms with E-state index < -0.39 is 0 Å². The third kappa shape index (κ3) is 5.36. The number of amides is 1. The van der Waals surface area contributed by atoms with Gasteiger partial charge in [-0.2, -0.15) is 0 Å². The van der Waals surface area contributed by atoms with Gasteiger partial charge in [-0.1, -0.05) is 42.0 Å². The lowest BCUT2D eigenvalue weighted by Gasteiger charge is -2.26. The van der Waals surface area contributed by atoms with Crippen molar-refractivity contribution in [3.8, 4) is 0 Å². The van der Waals surface area contributed by atoms with E-state index in [4.69, 9.17) is 4.74 Å². The van der Waals surface area contributed by atoms with Gasteiger partial charge in [0.15, 0.2) is 6.61 Å². The number of hydrogen-bond acceptors (Lipinski definition) is 4. The fourth-order valence-electron chi connectivity index (χ4n) is 3.43. The Morgan fingerprint density at radius 2 is 2.00 bits per heavy atom. The highest BCUT2D eigenvalue weighted by Gasteiger charge is 2.21. The van der Waals surface area contributed by atoms with Crippen molar-refractivity contribution in [1.29, 1.82) is 0 Å². The molecule has 5 heteroatoms. The lowest BCUT2D eigenvalue weighted by Crippen LogP contribution is -2.34. The molecule has 27 heavy (non-hydrogen) atoms. The van der Waals surface area contributed by atoms with Crippen LogP contribution in [0.15, 0.2) is 47.4 Å². The van der Waals surface area contributed by atoms with Crippen LogP contribution in [0.5, 0.6) is 0 Å². The average Bonchev–Trinajstić information content (AvgIpc) is 2.66. The molecule has 142 valence electrons. The van der Waals surface area contributed by atoms with E-state index in [0.29, 0.717) is 0 Å². The standard InChI is InChI=1S/C22H25NO3S/c1-15-10-11-20(16(2)12-15)27-14-22(25)26-13-21(24)23-19-9-5-7-17-6-3-4-8-18(17)19/h3-4,6,8,10-12,19H,5,7,9,13-14H2,1-2H3,(H,23,24)/t19-/m1/s1. The Hall–Kier alpha value is -2.27. The molecule has 1 aliphatic carbocycles. The largest absolute Gasteiger partial charge is 0.455 e. The third-order valence-electron chi connectivity index (χ3n) is 4.74. The van der Waals surface area contributed by atoms with E-state index >= 15 is 0 Å². The summed E-state index contributed by atoms with van der Waals surface area (Å²) in [5.74, 6) is -0.426. The minimum atomic E-state index is -0.376. The molecule has 3 rings (SSSR count). The van der Waals surface area contributed by atoms with Crippen LogP contribution in [0.2, 0.25) is 0 Å². The summed E-state index contributed by atoms with van der Waals surface area (Å²) in [6, 6.07) is 14.3. The van der Waals surface area contributed by atoms with Crippen molar-refractivity contribution in [2.45, 2.75) is 44.0 Å². The summed E-state index contributed by atoms with van der Waals surface area (Å²) in [4.78, 5) is 25.2. The molecule has 0 spiro atoms. The number of benzene rings is 2. The average molecular weight is 384 g/mol. The molecule has 0 radical (unpaired) electrons. The van der Waals surface area contributed by atoms with Crippen molar-refractivity contribution in [3.63, 3.8) is 0 Å².